The second-order valence-corrected chi connectivity index (χ2v) is 7.60. The van der Waals surface area contributed by atoms with Gasteiger partial charge in [-0.1, -0.05) is 60.7 Å². The number of benzene rings is 5. The summed E-state index contributed by atoms with van der Waals surface area (Å²) in [4.78, 5) is 0. The first-order valence-electron chi connectivity index (χ1n) is 10.1. The van der Waals surface area contributed by atoms with Gasteiger partial charge in [0.2, 0.25) is 0 Å². The molecule has 0 aliphatic carbocycles. The van der Waals surface area contributed by atoms with Crippen molar-refractivity contribution in [2.45, 2.75) is 0 Å². The Bertz CT molecular complexity index is 1860. The Labute approximate surface area is 182 Å². The summed E-state index contributed by atoms with van der Waals surface area (Å²) in [5, 5.41) is 25.0. The topological polar surface area (TPSA) is 73.9 Å². The summed E-state index contributed by atoms with van der Waals surface area (Å²) in [6, 6.07) is 31.6. The van der Waals surface area contributed by atoms with Crippen LogP contribution < -0.4 is 0 Å². The lowest BCUT2D eigenvalue weighted by atomic mass is 10.0. The molecule has 1 heterocycles. The highest BCUT2D eigenvalue weighted by molar-refractivity contribution is 6.21. The summed E-state index contributed by atoms with van der Waals surface area (Å²) >= 11 is 0. The summed E-state index contributed by atoms with van der Waals surface area (Å²) in [6.45, 7) is 0. The second kappa shape index (κ2) is 6.87. The van der Waals surface area contributed by atoms with Crippen molar-refractivity contribution in [1.82, 2.24) is 0 Å². The van der Waals surface area contributed by atoms with Crippen molar-refractivity contribution < 1.29 is 8.83 Å². The molecule has 0 unspecified atom stereocenters. The zero-order valence-corrected chi connectivity index (χ0v) is 16.8. The van der Waals surface area contributed by atoms with Gasteiger partial charge in [0, 0.05) is 28.3 Å². The predicted octanol–water partition coefficient (Wildman–Crippen LogP) is 7.51. The van der Waals surface area contributed by atoms with Crippen LogP contribution in [-0.4, -0.2) is 0 Å². The van der Waals surface area contributed by atoms with Crippen LogP contribution in [0, 0.1) is 22.7 Å². The summed E-state index contributed by atoms with van der Waals surface area (Å²) in [5.74, 6) is 0. The molecule has 0 radical (unpaired) electrons. The molecule has 4 nitrogen and oxygen atoms in total. The Morgan fingerprint density at radius 3 is 1.84 bits per heavy atom. The lowest BCUT2D eigenvalue weighted by Crippen LogP contribution is -1.86. The van der Waals surface area contributed by atoms with E-state index in [2.05, 4.69) is 30.3 Å². The van der Waals surface area contributed by atoms with Gasteiger partial charge in [0.1, 0.15) is 23.3 Å². The van der Waals surface area contributed by atoms with Crippen molar-refractivity contribution in [2.24, 2.45) is 0 Å². The molecule has 6 rings (SSSR count). The maximum absolute atomic E-state index is 9.52. The molecule has 1 aromatic heterocycles. The molecule has 0 fully saturated rings. The van der Waals surface area contributed by atoms with E-state index in [-0.39, 0.29) is 11.1 Å². The van der Waals surface area contributed by atoms with E-state index in [9.17, 15) is 10.5 Å². The third-order valence-corrected chi connectivity index (χ3v) is 5.80. The van der Waals surface area contributed by atoms with Crippen LogP contribution in [0.25, 0.3) is 54.6 Å². The monoisotopic (exact) mass is 410 g/mol. The molecule has 0 atom stereocenters. The first kappa shape index (κ1) is 18.0. The van der Waals surface area contributed by atoms with E-state index < -0.39 is 0 Å². The van der Waals surface area contributed by atoms with Crippen LogP contribution in [0.15, 0.2) is 93.8 Å². The molecule has 6 aromatic rings. The van der Waals surface area contributed by atoms with Gasteiger partial charge in [-0.3, -0.25) is 0 Å². The van der Waals surface area contributed by atoms with E-state index in [0.717, 1.165) is 32.3 Å². The Balaban J connectivity index is 1.99. The van der Waals surface area contributed by atoms with Gasteiger partial charge in [-0.25, -0.2) is 0 Å². The molecule has 0 amide bonds. The Morgan fingerprint density at radius 1 is 0.531 bits per heavy atom. The van der Waals surface area contributed by atoms with Crippen LogP contribution in [0.4, 0.5) is 0 Å². The number of rotatable bonds is 0. The van der Waals surface area contributed by atoms with Crippen LogP contribution in [0.2, 0.25) is 0 Å². The van der Waals surface area contributed by atoms with Crippen molar-refractivity contribution in [3.8, 4) is 12.1 Å². The van der Waals surface area contributed by atoms with Gasteiger partial charge < -0.3 is 8.83 Å². The Morgan fingerprint density at radius 2 is 1.12 bits per heavy atom. The third-order valence-electron chi connectivity index (χ3n) is 5.80. The molecule has 148 valence electrons. The quantitative estimate of drug-likeness (QED) is 0.260. The lowest BCUT2D eigenvalue weighted by Gasteiger charge is -2.09. The molecular weight excluding hydrogens is 396 g/mol. The van der Waals surface area contributed by atoms with Crippen molar-refractivity contribution in [2.75, 3.05) is 0 Å². The maximum Gasteiger partial charge on any atom is 0.171 e. The number of fused-ring (bicyclic) bond motifs is 8. The molecule has 0 aliphatic heterocycles. The number of nitrogens with zero attached hydrogens (tertiary/aromatic N) is 2. The van der Waals surface area contributed by atoms with Crippen molar-refractivity contribution >= 4 is 54.6 Å². The minimum atomic E-state index is 0.246. The van der Waals surface area contributed by atoms with E-state index in [1.807, 2.05) is 54.6 Å². The molecule has 0 saturated heterocycles. The zero-order chi connectivity index (χ0) is 21.7. The molecule has 0 bridgehead atoms. The summed E-state index contributed by atoms with van der Waals surface area (Å²) in [5.41, 5.74) is 2.65. The highest BCUT2D eigenvalue weighted by Gasteiger charge is 2.13. The first-order chi connectivity index (χ1) is 15.8. The fourth-order valence-corrected chi connectivity index (χ4v) is 4.30. The molecule has 0 N–H and O–H groups in total. The van der Waals surface area contributed by atoms with Crippen LogP contribution in [0.5, 0.6) is 0 Å². The summed E-state index contributed by atoms with van der Waals surface area (Å²) in [6.07, 6.45) is 0. The van der Waals surface area contributed by atoms with Gasteiger partial charge in [0.25, 0.3) is 0 Å². The molecule has 32 heavy (non-hydrogen) atoms. The molecule has 4 heteroatoms. The van der Waals surface area contributed by atoms with Gasteiger partial charge >= 0.3 is 0 Å². The van der Waals surface area contributed by atoms with Gasteiger partial charge in [0.05, 0.1) is 11.1 Å². The van der Waals surface area contributed by atoms with Gasteiger partial charge in [-0.15, -0.1) is 0 Å². The fourth-order valence-electron chi connectivity index (χ4n) is 4.30. The number of nitriles is 2. The number of hydrogen-bond acceptors (Lipinski definition) is 4. The minimum Gasteiger partial charge on any atom is -0.453 e. The van der Waals surface area contributed by atoms with Crippen LogP contribution in [-0.2, 0) is 0 Å². The van der Waals surface area contributed by atoms with E-state index in [4.69, 9.17) is 8.83 Å². The standard InChI is InChI=1S/C28H14N2O2/c29-15-19-13-25-26(14-20(19)16-30)32-28-22-8-4-2-6-18(22)9-11-23(28)27-21-7-3-1-5-17(21)10-12-24(27)31-25/h1-14H. The van der Waals surface area contributed by atoms with Gasteiger partial charge in [-0.05, 0) is 28.3 Å². The highest BCUT2D eigenvalue weighted by atomic mass is 16.4. The highest BCUT2D eigenvalue weighted by Crippen LogP contribution is 2.36. The van der Waals surface area contributed by atoms with E-state index >= 15 is 0 Å². The smallest absolute Gasteiger partial charge is 0.171 e. The predicted molar refractivity (Wildman–Crippen MR) is 126 cm³/mol. The van der Waals surface area contributed by atoms with Crippen molar-refractivity contribution in [3.63, 3.8) is 0 Å². The Kier molecular flexibility index (Phi) is 3.87. The van der Waals surface area contributed by atoms with Gasteiger partial charge in [-0.2, -0.15) is 10.5 Å². The minimum absolute atomic E-state index is 0.246. The maximum atomic E-state index is 9.52. The molecule has 0 saturated carbocycles. The van der Waals surface area contributed by atoms with Crippen LogP contribution in [0.1, 0.15) is 11.1 Å². The van der Waals surface area contributed by atoms with Crippen LogP contribution in [0.3, 0.4) is 0 Å². The molecule has 5 aromatic carbocycles. The molecule has 0 spiro atoms. The lowest BCUT2D eigenvalue weighted by molar-refractivity contribution is 0.620. The third kappa shape index (κ3) is 2.61. The SMILES string of the molecule is N#Cc1cc2oc3ccc4ccccc4c3c3ccc4ccccc4c3oc2cc1C#N. The normalized spacial score (nSPS) is 11.1. The number of hydrogen-bond donors (Lipinski definition) is 0. The van der Waals surface area contributed by atoms with Gasteiger partial charge in [0.15, 0.2) is 11.2 Å². The van der Waals surface area contributed by atoms with E-state index in [0.29, 0.717) is 22.3 Å². The Hall–Kier alpha value is -4.80. The first-order valence-corrected chi connectivity index (χ1v) is 10.1. The molecular formula is C28H14N2O2. The van der Waals surface area contributed by atoms with Crippen LogP contribution >= 0.6 is 0 Å². The summed E-state index contributed by atoms with van der Waals surface area (Å²) in [7, 11) is 0. The van der Waals surface area contributed by atoms with Crippen molar-refractivity contribution in [1.29, 1.82) is 10.5 Å². The largest absolute Gasteiger partial charge is 0.453 e. The second-order valence-electron chi connectivity index (χ2n) is 7.60. The van der Waals surface area contributed by atoms with Crippen molar-refractivity contribution in [3.05, 3.63) is 96.1 Å². The van der Waals surface area contributed by atoms with E-state index in [1.54, 1.807) is 12.1 Å². The average molecular weight is 410 g/mol. The van der Waals surface area contributed by atoms with E-state index in [1.165, 1.54) is 0 Å². The molecule has 0 aliphatic rings. The average Bonchev–Trinajstić information content (AvgIpc) is 2.83. The zero-order valence-electron chi connectivity index (χ0n) is 16.8. The fraction of sp³-hybridized carbons (Fsp3) is 0. The summed E-state index contributed by atoms with van der Waals surface area (Å²) < 4.78 is 12.8.